The summed E-state index contributed by atoms with van der Waals surface area (Å²) in [6.45, 7) is 1.15. The SMILES string of the molecule is O=C(CNCC1CCCC1O)NC1CCCC1. The summed E-state index contributed by atoms with van der Waals surface area (Å²) in [6, 6.07) is 0.404. The van der Waals surface area contributed by atoms with Crippen LogP contribution in [0, 0.1) is 5.92 Å². The number of carbonyl (C=O) groups is 1. The molecule has 4 nitrogen and oxygen atoms in total. The molecule has 0 aromatic heterocycles. The van der Waals surface area contributed by atoms with Crippen molar-refractivity contribution in [2.75, 3.05) is 13.1 Å². The molecule has 0 saturated heterocycles. The first-order chi connectivity index (χ1) is 8.25. The van der Waals surface area contributed by atoms with Crippen LogP contribution in [0.4, 0.5) is 0 Å². The Morgan fingerprint density at radius 2 is 1.88 bits per heavy atom. The lowest BCUT2D eigenvalue weighted by atomic mass is 10.1. The van der Waals surface area contributed by atoms with E-state index in [0.717, 1.165) is 38.6 Å². The first kappa shape index (κ1) is 12.8. The van der Waals surface area contributed by atoms with Gasteiger partial charge in [0.1, 0.15) is 0 Å². The maximum Gasteiger partial charge on any atom is 0.234 e. The van der Waals surface area contributed by atoms with Gasteiger partial charge in [-0.2, -0.15) is 0 Å². The van der Waals surface area contributed by atoms with E-state index in [9.17, 15) is 9.90 Å². The van der Waals surface area contributed by atoms with Crippen molar-refractivity contribution in [2.45, 2.75) is 57.1 Å². The molecule has 2 atom stereocenters. The van der Waals surface area contributed by atoms with Gasteiger partial charge < -0.3 is 15.7 Å². The fourth-order valence-corrected chi connectivity index (χ4v) is 2.98. The summed E-state index contributed by atoms with van der Waals surface area (Å²) < 4.78 is 0. The highest BCUT2D eigenvalue weighted by molar-refractivity contribution is 5.78. The number of rotatable bonds is 5. The van der Waals surface area contributed by atoms with Crippen molar-refractivity contribution in [1.82, 2.24) is 10.6 Å². The smallest absolute Gasteiger partial charge is 0.234 e. The zero-order valence-corrected chi connectivity index (χ0v) is 10.5. The number of amides is 1. The van der Waals surface area contributed by atoms with Gasteiger partial charge in [0.25, 0.3) is 0 Å². The Hall–Kier alpha value is -0.610. The van der Waals surface area contributed by atoms with Crippen LogP contribution in [0.15, 0.2) is 0 Å². The molecule has 0 aliphatic heterocycles. The minimum atomic E-state index is -0.166. The third kappa shape index (κ3) is 3.96. The second-order valence-electron chi connectivity index (χ2n) is 5.44. The van der Waals surface area contributed by atoms with Gasteiger partial charge in [-0.05, 0) is 31.6 Å². The molecule has 2 rings (SSSR count). The van der Waals surface area contributed by atoms with Crippen molar-refractivity contribution in [2.24, 2.45) is 5.92 Å². The van der Waals surface area contributed by atoms with Crippen molar-refractivity contribution < 1.29 is 9.90 Å². The minimum absolute atomic E-state index is 0.101. The second-order valence-corrected chi connectivity index (χ2v) is 5.44. The zero-order chi connectivity index (χ0) is 12.1. The molecule has 4 heteroatoms. The molecule has 2 saturated carbocycles. The average Bonchev–Trinajstić information content (AvgIpc) is 2.91. The van der Waals surface area contributed by atoms with Gasteiger partial charge in [-0.3, -0.25) is 4.79 Å². The quantitative estimate of drug-likeness (QED) is 0.666. The molecule has 2 aliphatic carbocycles. The number of aliphatic hydroxyl groups is 1. The van der Waals surface area contributed by atoms with E-state index in [1.807, 2.05) is 0 Å². The highest BCUT2D eigenvalue weighted by atomic mass is 16.3. The van der Waals surface area contributed by atoms with Crippen LogP contribution >= 0.6 is 0 Å². The molecule has 0 heterocycles. The van der Waals surface area contributed by atoms with E-state index >= 15 is 0 Å². The number of hydrogen-bond acceptors (Lipinski definition) is 3. The molecule has 0 spiro atoms. The molecule has 0 radical (unpaired) electrons. The van der Waals surface area contributed by atoms with E-state index in [4.69, 9.17) is 0 Å². The zero-order valence-electron chi connectivity index (χ0n) is 10.5. The fraction of sp³-hybridized carbons (Fsp3) is 0.923. The molecule has 0 bridgehead atoms. The van der Waals surface area contributed by atoms with Crippen LogP contribution in [0.1, 0.15) is 44.9 Å². The van der Waals surface area contributed by atoms with Crippen molar-refractivity contribution in [3.05, 3.63) is 0 Å². The Bertz CT molecular complexity index is 252. The topological polar surface area (TPSA) is 61.4 Å². The molecular formula is C13H24N2O2. The number of aliphatic hydroxyl groups excluding tert-OH is 1. The first-order valence-corrected chi connectivity index (χ1v) is 6.94. The summed E-state index contributed by atoms with van der Waals surface area (Å²) in [5, 5.41) is 15.9. The van der Waals surface area contributed by atoms with E-state index in [1.54, 1.807) is 0 Å². The van der Waals surface area contributed by atoms with Crippen LogP contribution in [0.5, 0.6) is 0 Å². The number of nitrogens with one attached hydrogen (secondary N) is 2. The Balaban J connectivity index is 1.56. The van der Waals surface area contributed by atoms with Gasteiger partial charge >= 0.3 is 0 Å². The Kier molecular flexibility index (Phi) is 4.80. The summed E-state index contributed by atoms with van der Waals surface area (Å²) in [6.07, 6.45) is 7.70. The van der Waals surface area contributed by atoms with Crippen LogP contribution < -0.4 is 10.6 Å². The van der Waals surface area contributed by atoms with Gasteiger partial charge in [-0.25, -0.2) is 0 Å². The molecule has 1 amide bonds. The molecule has 0 aromatic carbocycles. The third-order valence-electron chi connectivity index (χ3n) is 4.03. The summed E-state index contributed by atoms with van der Waals surface area (Å²) in [4.78, 5) is 11.6. The van der Waals surface area contributed by atoms with E-state index in [0.29, 0.717) is 18.5 Å². The van der Waals surface area contributed by atoms with E-state index in [-0.39, 0.29) is 12.0 Å². The molecule has 17 heavy (non-hydrogen) atoms. The highest BCUT2D eigenvalue weighted by Gasteiger charge is 2.24. The summed E-state index contributed by atoms with van der Waals surface area (Å²) >= 11 is 0. The van der Waals surface area contributed by atoms with Crippen LogP contribution in [-0.4, -0.2) is 36.2 Å². The van der Waals surface area contributed by atoms with Crippen molar-refractivity contribution in [3.63, 3.8) is 0 Å². The van der Waals surface area contributed by atoms with Crippen LogP contribution in [0.3, 0.4) is 0 Å². The molecule has 98 valence electrons. The van der Waals surface area contributed by atoms with Gasteiger partial charge in [0.05, 0.1) is 12.6 Å². The third-order valence-corrected chi connectivity index (χ3v) is 4.03. The van der Waals surface area contributed by atoms with Crippen LogP contribution in [-0.2, 0) is 4.79 Å². The maximum atomic E-state index is 11.6. The lowest BCUT2D eigenvalue weighted by Crippen LogP contribution is -2.41. The number of hydrogen-bond donors (Lipinski definition) is 3. The lowest BCUT2D eigenvalue weighted by molar-refractivity contribution is -0.120. The van der Waals surface area contributed by atoms with E-state index in [2.05, 4.69) is 10.6 Å². The summed E-state index contributed by atoms with van der Waals surface area (Å²) in [5.41, 5.74) is 0. The Morgan fingerprint density at radius 1 is 1.12 bits per heavy atom. The minimum Gasteiger partial charge on any atom is -0.393 e. The molecule has 0 aromatic rings. The summed E-state index contributed by atoms with van der Waals surface area (Å²) in [5.74, 6) is 0.443. The fourth-order valence-electron chi connectivity index (χ4n) is 2.98. The summed E-state index contributed by atoms with van der Waals surface area (Å²) in [7, 11) is 0. The molecule has 2 fully saturated rings. The maximum absolute atomic E-state index is 11.6. The lowest BCUT2D eigenvalue weighted by Gasteiger charge is -2.16. The Labute approximate surface area is 103 Å². The number of carbonyl (C=O) groups excluding carboxylic acids is 1. The standard InChI is InChI=1S/C13H24N2O2/c16-12-7-3-4-10(12)8-14-9-13(17)15-11-5-1-2-6-11/h10-12,14,16H,1-9H2,(H,15,17). The average molecular weight is 240 g/mol. The van der Waals surface area contributed by atoms with Gasteiger partial charge in [0.2, 0.25) is 5.91 Å². The van der Waals surface area contributed by atoms with Gasteiger partial charge in [-0.1, -0.05) is 19.3 Å². The Morgan fingerprint density at radius 3 is 2.53 bits per heavy atom. The van der Waals surface area contributed by atoms with Crippen LogP contribution in [0.2, 0.25) is 0 Å². The molecular weight excluding hydrogens is 216 g/mol. The van der Waals surface area contributed by atoms with Gasteiger partial charge in [-0.15, -0.1) is 0 Å². The first-order valence-electron chi connectivity index (χ1n) is 6.94. The van der Waals surface area contributed by atoms with Crippen molar-refractivity contribution >= 4 is 5.91 Å². The second kappa shape index (κ2) is 6.36. The molecule has 2 unspecified atom stereocenters. The van der Waals surface area contributed by atoms with Crippen molar-refractivity contribution in [1.29, 1.82) is 0 Å². The predicted octanol–water partition coefficient (Wildman–Crippen LogP) is 0.796. The normalized spacial score (nSPS) is 29.7. The highest BCUT2D eigenvalue weighted by Crippen LogP contribution is 2.24. The van der Waals surface area contributed by atoms with Crippen LogP contribution in [0.25, 0.3) is 0 Å². The predicted molar refractivity (Wildman–Crippen MR) is 66.6 cm³/mol. The monoisotopic (exact) mass is 240 g/mol. The van der Waals surface area contributed by atoms with Crippen molar-refractivity contribution in [3.8, 4) is 0 Å². The molecule has 3 N–H and O–H groups in total. The van der Waals surface area contributed by atoms with E-state index < -0.39 is 0 Å². The largest absolute Gasteiger partial charge is 0.393 e. The van der Waals surface area contributed by atoms with E-state index in [1.165, 1.54) is 12.8 Å². The van der Waals surface area contributed by atoms with Gasteiger partial charge in [0.15, 0.2) is 0 Å². The van der Waals surface area contributed by atoms with Gasteiger partial charge in [0, 0.05) is 12.6 Å². The molecule has 2 aliphatic rings.